The highest BCUT2D eigenvalue weighted by molar-refractivity contribution is 7.92. The number of carbonyl (C=O) groups is 1. The molecule has 1 spiro atoms. The van der Waals surface area contributed by atoms with Gasteiger partial charge in [-0.05, 0) is 80.5 Å². The van der Waals surface area contributed by atoms with Crippen LogP contribution in [-0.2, 0) is 10.0 Å². The zero-order valence-corrected chi connectivity index (χ0v) is 26.0. The highest BCUT2D eigenvalue weighted by Crippen LogP contribution is 2.60. The number of rotatable bonds is 12. The Labute approximate surface area is 254 Å². The second-order valence-electron chi connectivity index (χ2n) is 12.0. The van der Waals surface area contributed by atoms with E-state index in [1.807, 2.05) is 38.1 Å². The maximum Gasteiger partial charge on any atom is 0.354 e. The molecule has 3 aromatic rings. The average Bonchev–Trinajstić information content (AvgIpc) is 3.67. The van der Waals surface area contributed by atoms with Gasteiger partial charge in [-0.15, -0.1) is 12.4 Å². The Kier molecular flexibility index (Phi) is 9.49. The van der Waals surface area contributed by atoms with Crippen molar-refractivity contribution in [2.75, 3.05) is 11.3 Å². The maximum absolute atomic E-state index is 13.2. The van der Waals surface area contributed by atoms with Crippen molar-refractivity contribution in [1.29, 1.82) is 0 Å². The summed E-state index contributed by atoms with van der Waals surface area (Å²) in [7, 11) is -4.22. The molecule has 1 aromatic carbocycles. The van der Waals surface area contributed by atoms with Crippen molar-refractivity contribution in [1.82, 2.24) is 15.3 Å². The van der Waals surface area contributed by atoms with E-state index in [1.54, 1.807) is 6.07 Å². The van der Waals surface area contributed by atoms with Crippen LogP contribution in [0.5, 0.6) is 5.75 Å². The van der Waals surface area contributed by atoms with Crippen LogP contribution < -0.4 is 14.8 Å². The van der Waals surface area contributed by atoms with Crippen LogP contribution in [0.3, 0.4) is 0 Å². The molecule has 2 aromatic heterocycles. The van der Waals surface area contributed by atoms with Gasteiger partial charge in [-0.1, -0.05) is 38.1 Å². The molecule has 2 aliphatic rings. The first-order valence-electron chi connectivity index (χ1n) is 14.1. The highest BCUT2D eigenvalue weighted by atomic mass is 35.5. The molecule has 11 heteroatoms. The van der Waals surface area contributed by atoms with E-state index in [0.29, 0.717) is 35.4 Å². The molecule has 0 aliphatic heterocycles. The topological polar surface area (TPSA) is 131 Å². The summed E-state index contributed by atoms with van der Waals surface area (Å²) in [5.41, 5.74) is 3.71. The van der Waals surface area contributed by atoms with Crippen LogP contribution >= 0.6 is 12.4 Å². The van der Waals surface area contributed by atoms with Crippen LogP contribution in [-0.4, -0.2) is 48.2 Å². The first-order valence-corrected chi connectivity index (χ1v) is 15.6. The third kappa shape index (κ3) is 7.40. The largest absolute Gasteiger partial charge is 0.492 e. The molecule has 9 nitrogen and oxygen atoms in total. The monoisotopic (exact) mass is 614 g/mol. The van der Waals surface area contributed by atoms with Gasteiger partial charge in [0.25, 0.3) is 10.0 Å². The van der Waals surface area contributed by atoms with E-state index in [-0.39, 0.29) is 30.0 Å². The molecule has 226 valence electrons. The van der Waals surface area contributed by atoms with E-state index in [4.69, 9.17) is 4.74 Å². The zero-order valence-electron chi connectivity index (χ0n) is 24.4. The van der Waals surface area contributed by atoms with Crippen molar-refractivity contribution in [2.45, 2.75) is 76.9 Å². The molecule has 0 radical (unpaired) electrons. The normalized spacial score (nSPS) is 16.4. The van der Waals surface area contributed by atoms with Gasteiger partial charge in [0.15, 0.2) is 5.03 Å². The molecule has 2 aliphatic carbocycles. The van der Waals surface area contributed by atoms with Crippen molar-refractivity contribution in [3.8, 4) is 17.0 Å². The quantitative estimate of drug-likeness (QED) is 0.226. The summed E-state index contributed by atoms with van der Waals surface area (Å²) in [5, 5.41) is 12.7. The lowest BCUT2D eigenvalue weighted by atomic mass is 9.76. The number of aromatic nitrogens is 2. The van der Waals surface area contributed by atoms with E-state index in [1.165, 1.54) is 43.9 Å². The minimum absolute atomic E-state index is 0. The van der Waals surface area contributed by atoms with Crippen molar-refractivity contribution in [3.05, 3.63) is 65.4 Å². The van der Waals surface area contributed by atoms with E-state index >= 15 is 0 Å². The first-order chi connectivity index (χ1) is 19.4. The van der Waals surface area contributed by atoms with E-state index < -0.39 is 21.0 Å². The number of pyridine rings is 2. The fourth-order valence-electron chi connectivity index (χ4n) is 5.83. The van der Waals surface area contributed by atoms with Crippen LogP contribution in [0.1, 0.15) is 67.6 Å². The molecule has 2 heterocycles. The van der Waals surface area contributed by atoms with E-state index in [2.05, 4.69) is 33.9 Å². The number of halogens is 1. The first kappa shape index (κ1) is 31.7. The smallest absolute Gasteiger partial charge is 0.354 e. The molecule has 42 heavy (non-hydrogen) atoms. The number of sulfonamides is 1. The Morgan fingerprint density at radius 2 is 1.74 bits per heavy atom. The molecule has 1 atom stereocenters. The number of ether oxygens (including phenoxy) is 1. The maximum atomic E-state index is 13.2. The molecule has 2 fully saturated rings. The summed E-state index contributed by atoms with van der Waals surface area (Å²) >= 11 is 0. The summed E-state index contributed by atoms with van der Waals surface area (Å²) < 4.78 is 35.3. The van der Waals surface area contributed by atoms with Crippen molar-refractivity contribution >= 4 is 34.2 Å². The number of nitrogens with one attached hydrogen (secondary N) is 2. The van der Waals surface area contributed by atoms with Gasteiger partial charge in [-0.25, -0.2) is 14.8 Å². The molecule has 0 amide bonds. The molecule has 0 unspecified atom stereocenters. The van der Waals surface area contributed by atoms with Crippen LogP contribution in [0.4, 0.5) is 5.82 Å². The van der Waals surface area contributed by atoms with Gasteiger partial charge in [0.05, 0.1) is 5.69 Å². The Morgan fingerprint density at radius 3 is 2.36 bits per heavy atom. The summed E-state index contributed by atoms with van der Waals surface area (Å²) in [6, 6.07) is 13.8. The fourth-order valence-corrected chi connectivity index (χ4v) is 6.79. The van der Waals surface area contributed by atoms with Crippen LogP contribution in [0, 0.1) is 25.2 Å². The van der Waals surface area contributed by atoms with Crippen molar-refractivity contribution in [2.24, 2.45) is 11.3 Å². The summed E-state index contributed by atoms with van der Waals surface area (Å²) in [5.74, 6) is -0.270. The Balaban J connectivity index is 0.00000405. The van der Waals surface area contributed by atoms with Gasteiger partial charge in [-0.2, -0.15) is 8.42 Å². The predicted octanol–water partition coefficient (Wildman–Crippen LogP) is 6.01. The van der Waals surface area contributed by atoms with Gasteiger partial charge in [0.2, 0.25) is 0 Å². The SMILES string of the molecule is Cc1cccc(C)c1-c1cc(OC[C@@H](CC(C)C)NC2CC3(CC3)C2)cc(NS(=O)(=O)c2cccc(C(=O)O)n2)n1.Cl. The van der Waals surface area contributed by atoms with E-state index in [9.17, 15) is 18.3 Å². The number of hydrogen-bond donors (Lipinski definition) is 3. The van der Waals surface area contributed by atoms with Crippen LogP contribution in [0.15, 0.2) is 53.6 Å². The number of anilines is 1. The van der Waals surface area contributed by atoms with Crippen LogP contribution in [0.25, 0.3) is 11.3 Å². The molecule has 2 saturated carbocycles. The second-order valence-corrected chi connectivity index (χ2v) is 13.7. The molecule has 3 N–H and O–H groups in total. The number of carboxylic acid groups (broad SMARTS) is 1. The van der Waals surface area contributed by atoms with Gasteiger partial charge in [0.1, 0.15) is 23.9 Å². The highest BCUT2D eigenvalue weighted by Gasteiger charge is 2.53. The number of carboxylic acids is 1. The third-order valence-electron chi connectivity index (χ3n) is 7.99. The fraction of sp³-hybridized carbons (Fsp3) is 0.452. The lowest BCUT2D eigenvalue weighted by molar-refractivity contribution is 0.0689. The standard InChI is InChI=1S/C31H38N4O5S.ClH/c1-19(2)13-22(32-23-16-31(17-23)11-12-31)18-40-24-14-26(29-20(3)7-5-8-21(29)4)33-27(15-24)35-41(38,39)28-10-6-9-25(34-28)30(36)37;/h5-10,14-15,19,22-23,32H,11-13,16-18H2,1-4H3,(H,33,35)(H,36,37);1H/t22-;/m1./s1. The van der Waals surface area contributed by atoms with Gasteiger partial charge < -0.3 is 15.2 Å². The number of benzene rings is 1. The molecule has 0 saturated heterocycles. The van der Waals surface area contributed by atoms with Gasteiger partial charge >= 0.3 is 5.97 Å². The number of aryl methyl sites for hydroxylation is 2. The van der Waals surface area contributed by atoms with Gasteiger partial charge in [0, 0.05) is 29.8 Å². The van der Waals surface area contributed by atoms with E-state index in [0.717, 1.165) is 23.1 Å². The van der Waals surface area contributed by atoms with Crippen LogP contribution in [0.2, 0.25) is 0 Å². The second kappa shape index (κ2) is 12.6. The molecular formula is C31H39ClN4O5S. The minimum Gasteiger partial charge on any atom is -0.492 e. The number of nitrogens with zero attached hydrogens (tertiary/aromatic N) is 2. The zero-order chi connectivity index (χ0) is 29.4. The van der Waals surface area contributed by atoms with Gasteiger partial charge in [-0.3, -0.25) is 4.72 Å². The average molecular weight is 615 g/mol. The Morgan fingerprint density at radius 1 is 1.07 bits per heavy atom. The number of hydrogen-bond acceptors (Lipinski definition) is 7. The summed E-state index contributed by atoms with van der Waals surface area (Å²) in [6.07, 6.45) is 6.13. The molecule has 5 rings (SSSR count). The molecule has 0 bridgehead atoms. The Bertz CT molecular complexity index is 1530. The third-order valence-corrected chi connectivity index (χ3v) is 9.24. The molecular weight excluding hydrogens is 576 g/mol. The Hall–Kier alpha value is -3.21. The summed E-state index contributed by atoms with van der Waals surface area (Å²) in [6.45, 7) is 8.80. The lowest BCUT2D eigenvalue weighted by Gasteiger charge is -2.39. The van der Waals surface area contributed by atoms with Crippen molar-refractivity contribution < 1.29 is 23.1 Å². The number of aromatic carboxylic acids is 1. The lowest BCUT2D eigenvalue weighted by Crippen LogP contribution is -2.49. The predicted molar refractivity (Wildman–Crippen MR) is 165 cm³/mol. The summed E-state index contributed by atoms with van der Waals surface area (Å²) in [4.78, 5) is 19.8. The minimum atomic E-state index is -4.22. The van der Waals surface area contributed by atoms with Crippen molar-refractivity contribution in [3.63, 3.8) is 0 Å².